The SMILES string of the molecule is CCOc1ccc2nc(NC(=O)CNC(=O)c3ccc(Br)o3)sc2c1. The zero-order chi connectivity index (χ0) is 17.8. The molecule has 0 aliphatic rings. The molecule has 0 saturated carbocycles. The van der Waals surface area contributed by atoms with Gasteiger partial charge in [0.05, 0.1) is 23.4 Å². The summed E-state index contributed by atoms with van der Waals surface area (Å²) in [5.74, 6) is 0.0473. The highest BCUT2D eigenvalue weighted by molar-refractivity contribution is 9.10. The van der Waals surface area contributed by atoms with E-state index < -0.39 is 5.91 Å². The number of carbonyl (C=O) groups is 2. The van der Waals surface area contributed by atoms with E-state index in [-0.39, 0.29) is 18.2 Å². The monoisotopic (exact) mass is 423 g/mol. The minimum absolute atomic E-state index is 0.128. The lowest BCUT2D eigenvalue weighted by Gasteiger charge is -2.02. The third-order valence-corrected chi connectivity index (χ3v) is 4.48. The van der Waals surface area contributed by atoms with E-state index in [1.807, 2.05) is 25.1 Å². The fourth-order valence-electron chi connectivity index (χ4n) is 2.06. The van der Waals surface area contributed by atoms with E-state index in [4.69, 9.17) is 9.15 Å². The lowest BCUT2D eigenvalue weighted by Crippen LogP contribution is -2.32. The molecular weight excluding hydrogens is 410 g/mol. The van der Waals surface area contributed by atoms with E-state index in [0.717, 1.165) is 16.0 Å². The molecule has 0 radical (unpaired) electrons. The summed E-state index contributed by atoms with van der Waals surface area (Å²) in [6.07, 6.45) is 0. The second-order valence-electron chi connectivity index (χ2n) is 4.92. The van der Waals surface area contributed by atoms with Crippen LogP contribution < -0.4 is 15.4 Å². The Labute approximate surface area is 155 Å². The van der Waals surface area contributed by atoms with Crippen LogP contribution in [0.1, 0.15) is 17.5 Å². The first kappa shape index (κ1) is 17.4. The molecule has 1 aromatic carbocycles. The Hall–Kier alpha value is -2.39. The van der Waals surface area contributed by atoms with E-state index in [1.54, 1.807) is 6.07 Å². The van der Waals surface area contributed by atoms with Gasteiger partial charge in [0.15, 0.2) is 15.6 Å². The number of benzene rings is 1. The largest absolute Gasteiger partial charge is 0.494 e. The maximum absolute atomic E-state index is 12.0. The molecule has 2 amide bonds. The number of amides is 2. The summed E-state index contributed by atoms with van der Waals surface area (Å²) in [6.45, 7) is 2.31. The van der Waals surface area contributed by atoms with Crippen LogP contribution in [0.4, 0.5) is 5.13 Å². The molecule has 0 spiro atoms. The normalized spacial score (nSPS) is 10.6. The fraction of sp³-hybridized carbons (Fsp3) is 0.188. The van der Waals surface area contributed by atoms with Gasteiger partial charge in [0.2, 0.25) is 5.91 Å². The molecule has 0 fully saturated rings. The van der Waals surface area contributed by atoms with Gasteiger partial charge >= 0.3 is 0 Å². The maximum Gasteiger partial charge on any atom is 0.287 e. The molecule has 7 nitrogen and oxygen atoms in total. The smallest absolute Gasteiger partial charge is 0.287 e. The number of halogens is 1. The number of thiazole rings is 1. The van der Waals surface area contributed by atoms with Crippen molar-refractivity contribution in [2.75, 3.05) is 18.5 Å². The van der Waals surface area contributed by atoms with Crippen LogP contribution in [-0.4, -0.2) is 29.9 Å². The van der Waals surface area contributed by atoms with Crippen LogP contribution in [-0.2, 0) is 4.79 Å². The number of anilines is 1. The lowest BCUT2D eigenvalue weighted by molar-refractivity contribution is -0.115. The van der Waals surface area contributed by atoms with Gasteiger partial charge in [-0.05, 0) is 53.2 Å². The Bertz CT molecular complexity index is 921. The number of nitrogens with one attached hydrogen (secondary N) is 2. The van der Waals surface area contributed by atoms with Crippen molar-refractivity contribution in [2.45, 2.75) is 6.92 Å². The molecule has 0 saturated heterocycles. The molecule has 2 heterocycles. The Balaban J connectivity index is 1.59. The van der Waals surface area contributed by atoms with Crippen molar-refractivity contribution < 1.29 is 18.7 Å². The number of nitrogens with zero attached hydrogens (tertiary/aromatic N) is 1. The molecule has 0 atom stereocenters. The first-order chi connectivity index (χ1) is 12.0. The Morgan fingerprint density at radius 3 is 2.88 bits per heavy atom. The van der Waals surface area contributed by atoms with Crippen molar-refractivity contribution in [3.63, 3.8) is 0 Å². The number of carbonyl (C=O) groups excluding carboxylic acids is 2. The van der Waals surface area contributed by atoms with Crippen LogP contribution >= 0.6 is 27.3 Å². The Morgan fingerprint density at radius 1 is 1.32 bits per heavy atom. The molecule has 0 unspecified atom stereocenters. The van der Waals surface area contributed by atoms with Gasteiger partial charge in [-0.3, -0.25) is 9.59 Å². The summed E-state index contributed by atoms with van der Waals surface area (Å²) in [4.78, 5) is 28.1. The van der Waals surface area contributed by atoms with Crippen molar-refractivity contribution in [3.8, 4) is 5.75 Å². The van der Waals surface area contributed by atoms with Crippen molar-refractivity contribution in [1.29, 1.82) is 0 Å². The molecule has 0 aliphatic carbocycles. The zero-order valence-corrected chi connectivity index (χ0v) is 15.6. The van der Waals surface area contributed by atoms with Crippen molar-refractivity contribution in [1.82, 2.24) is 10.3 Å². The molecule has 130 valence electrons. The quantitative estimate of drug-likeness (QED) is 0.633. The van der Waals surface area contributed by atoms with Crippen LogP contribution in [0.25, 0.3) is 10.2 Å². The van der Waals surface area contributed by atoms with Crippen LogP contribution in [0.3, 0.4) is 0 Å². The predicted octanol–water partition coefficient (Wildman–Crippen LogP) is 3.42. The average molecular weight is 424 g/mol. The minimum Gasteiger partial charge on any atom is -0.494 e. The van der Waals surface area contributed by atoms with E-state index in [9.17, 15) is 9.59 Å². The molecule has 0 bridgehead atoms. The van der Waals surface area contributed by atoms with Crippen LogP contribution in [0.2, 0.25) is 0 Å². The Morgan fingerprint density at radius 2 is 2.16 bits per heavy atom. The number of aromatic nitrogens is 1. The number of hydrogen-bond acceptors (Lipinski definition) is 6. The fourth-order valence-corrected chi connectivity index (χ4v) is 3.28. The third-order valence-electron chi connectivity index (χ3n) is 3.12. The van der Waals surface area contributed by atoms with Gasteiger partial charge < -0.3 is 19.8 Å². The summed E-state index contributed by atoms with van der Waals surface area (Å²) in [5.41, 5.74) is 0.772. The maximum atomic E-state index is 12.0. The molecular formula is C16H14BrN3O4S. The minimum atomic E-state index is -0.466. The topological polar surface area (TPSA) is 93.5 Å². The first-order valence-electron chi connectivity index (χ1n) is 7.42. The first-order valence-corrected chi connectivity index (χ1v) is 9.03. The van der Waals surface area contributed by atoms with Gasteiger partial charge in [-0.15, -0.1) is 0 Å². The second kappa shape index (κ2) is 7.66. The summed E-state index contributed by atoms with van der Waals surface area (Å²) < 4.78 is 11.9. The number of rotatable bonds is 6. The molecule has 0 aliphatic heterocycles. The summed E-state index contributed by atoms with van der Waals surface area (Å²) in [6, 6.07) is 8.66. The lowest BCUT2D eigenvalue weighted by atomic mass is 10.3. The highest BCUT2D eigenvalue weighted by Crippen LogP contribution is 2.29. The van der Waals surface area contributed by atoms with Crippen LogP contribution in [0.15, 0.2) is 39.4 Å². The standard InChI is InChI=1S/C16H14BrN3O4S/c1-2-23-9-3-4-10-12(7-9)25-16(19-10)20-14(21)8-18-15(22)11-5-6-13(17)24-11/h3-7H,2,8H2,1H3,(H,18,22)(H,19,20,21). The average Bonchev–Trinajstić information content (AvgIpc) is 3.18. The molecule has 25 heavy (non-hydrogen) atoms. The summed E-state index contributed by atoms with van der Waals surface area (Å²) >= 11 is 4.45. The summed E-state index contributed by atoms with van der Waals surface area (Å²) in [5, 5.41) is 5.61. The molecule has 9 heteroatoms. The highest BCUT2D eigenvalue weighted by Gasteiger charge is 2.13. The van der Waals surface area contributed by atoms with Crippen molar-refractivity contribution in [2.24, 2.45) is 0 Å². The van der Waals surface area contributed by atoms with Gasteiger partial charge in [-0.2, -0.15) is 0 Å². The van der Waals surface area contributed by atoms with Crippen molar-refractivity contribution in [3.05, 3.63) is 40.8 Å². The number of fused-ring (bicyclic) bond motifs is 1. The highest BCUT2D eigenvalue weighted by atomic mass is 79.9. The molecule has 2 aromatic heterocycles. The number of ether oxygens (including phenoxy) is 1. The molecule has 3 aromatic rings. The molecule has 2 N–H and O–H groups in total. The van der Waals surface area contributed by atoms with E-state index in [2.05, 4.69) is 31.5 Å². The second-order valence-corrected chi connectivity index (χ2v) is 6.73. The predicted molar refractivity (Wildman–Crippen MR) is 98.2 cm³/mol. The number of hydrogen-bond donors (Lipinski definition) is 2. The van der Waals surface area contributed by atoms with E-state index >= 15 is 0 Å². The molecule has 3 rings (SSSR count). The van der Waals surface area contributed by atoms with Gasteiger partial charge in [-0.25, -0.2) is 4.98 Å². The zero-order valence-electron chi connectivity index (χ0n) is 13.2. The summed E-state index contributed by atoms with van der Waals surface area (Å²) in [7, 11) is 0. The van der Waals surface area contributed by atoms with Gasteiger partial charge in [0.25, 0.3) is 5.91 Å². The van der Waals surface area contributed by atoms with Crippen LogP contribution in [0.5, 0.6) is 5.75 Å². The number of furan rings is 1. The van der Waals surface area contributed by atoms with Crippen molar-refractivity contribution >= 4 is 54.4 Å². The third kappa shape index (κ3) is 4.37. The van der Waals surface area contributed by atoms with E-state index in [0.29, 0.717) is 16.4 Å². The van der Waals surface area contributed by atoms with Gasteiger partial charge in [0.1, 0.15) is 5.75 Å². The van der Waals surface area contributed by atoms with E-state index in [1.165, 1.54) is 17.4 Å². The van der Waals surface area contributed by atoms with Crippen LogP contribution in [0, 0.1) is 0 Å². The van der Waals surface area contributed by atoms with Gasteiger partial charge in [0, 0.05) is 0 Å². The van der Waals surface area contributed by atoms with Gasteiger partial charge in [-0.1, -0.05) is 11.3 Å². The Kier molecular flexibility index (Phi) is 5.34.